The molecule has 7 nitrogen and oxygen atoms in total. The predicted molar refractivity (Wildman–Crippen MR) is 150 cm³/mol. The number of hydrogen-bond donors (Lipinski definition) is 1. The maximum Gasteiger partial charge on any atom is 0.222 e. The molecule has 0 radical (unpaired) electrons. The summed E-state index contributed by atoms with van der Waals surface area (Å²) in [7, 11) is 2.26. The maximum atomic E-state index is 12.9. The molecule has 1 fully saturated rings. The van der Waals surface area contributed by atoms with Crippen molar-refractivity contribution < 1.29 is 13.2 Å². The van der Waals surface area contributed by atoms with E-state index in [2.05, 4.69) is 34.3 Å². The average Bonchev–Trinajstić information content (AvgIpc) is 2.89. The van der Waals surface area contributed by atoms with Crippen molar-refractivity contribution in [2.75, 3.05) is 26.5 Å². The summed E-state index contributed by atoms with van der Waals surface area (Å²) in [4.78, 5) is 11.4. The van der Waals surface area contributed by atoms with Crippen LogP contribution in [-0.4, -0.2) is 56.6 Å². The van der Waals surface area contributed by atoms with E-state index in [1.54, 1.807) is 49.8 Å². The maximum absolute atomic E-state index is 12.9. The van der Waals surface area contributed by atoms with Crippen molar-refractivity contribution in [3.63, 3.8) is 0 Å². The molecule has 0 amide bonds. The zero-order valence-corrected chi connectivity index (χ0v) is 23.0. The summed E-state index contributed by atoms with van der Waals surface area (Å²) in [5.74, 6) is 1.05. The molecule has 1 aliphatic carbocycles. The number of halogens is 1. The Hall–Kier alpha value is -2.94. The molecular formula is C28H33ClN4O3S. The molecule has 0 saturated heterocycles. The minimum Gasteiger partial charge on any atom is -0.496 e. The smallest absolute Gasteiger partial charge is 0.222 e. The van der Waals surface area contributed by atoms with Crippen LogP contribution >= 0.6 is 11.6 Å². The average molecular weight is 541 g/mol. The van der Waals surface area contributed by atoms with Crippen LogP contribution in [0.4, 0.5) is 5.95 Å². The van der Waals surface area contributed by atoms with Gasteiger partial charge in [0.15, 0.2) is 9.84 Å². The monoisotopic (exact) mass is 540 g/mol. The molecule has 196 valence electrons. The third kappa shape index (κ3) is 7.09. The fourth-order valence-electron chi connectivity index (χ4n) is 4.58. The van der Waals surface area contributed by atoms with Crippen molar-refractivity contribution in [1.29, 1.82) is 0 Å². The summed E-state index contributed by atoms with van der Waals surface area (Å²) in [5.41, 5.74) is 2.29. The molecule has 3 aromatic rings. The van der Waals surface area contributed by atoms with Crippen LogP contribution < -0.4 is 10.1 Å². The Labute approximate surface area is 224 Å². The summed E-state index contributed by atoms with van der Waals surface area (Å²) in [6, 6.07) is 12.9. The molecule has 1 aliphatic rings. The largest absolute Gasteiger partial charge is 0.496 e. The molecule has 9 heteroatoms. The van der Waals surface area contributed by atoms with Crippen molar-refractivity contribution in [1.82, 2.24) is 14.9 Å². The second-order valence-electron chi connectivity index (χ2n) is 9.55. The molecule has 1 heterocycles. The van der Waals surface area contributed by atoms with Gasteiger partial charge < -0.3 is 15.0 Å². The number of rotatable bonds is 9. The van der Waals surface area contributed by atoms with Crippen LogP contribution in [-0.2, 0) is 15.6 Å². The fraction of sp³-hybridized carbons (Fsp3) is 0.357. The molecule has 2 aromatic carbocycles. The topological polar surface area (TPSA) is 84.4 Å². The van der Waals surface area contributed by atoms with Gasteiger partial charge in [-0.15, -0.1) is 0 Å². The molecule has 4 rings (SSSR count). The van der Waals surface area contributed by atoms with E-state index in [9.17, 15) is 8.42 Å². The first-order chi connectivity index (χ1) is 17.7. The van der Waals surface area contributed by atoms with E-state index < -0.39 is 9.84 Å². The number of anilines is 1. The summed E-state index contributed by atoms with van der Waals surface area (Å²) in [5, 5.41) is 3.67. The highest BCUT2D eigenvalue weighted by Crippen LogP contribution is 2.28. The Morgan fingerprint density at radius 3 is 2.41 bits per heavy atom. The van der Waals surface area contributed by atoms with Crippen LogP contribution in [0.3, 0.4) is 0 Å². The molecule has 0 atom stereocenters. The van der Waals surface area contributed by atoms with Crippen LogP contribution in [0.5, 0.6) is 5.75 Å². The third-order valence-corrected chi connectivity index (χ3v) is 8.89. The van der Waals surface area contributed by atoms with E-state index in [4.69, 9.17) is 16.3 Å². The van der Waals surface area contributed by atoms with Crippen LogP contribution in [0.15, 0.2) is 59.8 Å². The van der Waals surface area contributed by atoms with Crippen molar-refractivity contribution in [3.8, 4) is 5.75 Å². The zero-order valence-electron chi connectivity index (χ0n) is 21.4. The number of aromatic nitrogens is 2. The first-order valence-electron chi connectivity index (χ1n) is 12.3. The van der Waals surface area contributed by atoms with Gasteiger partial charge in [-0.05, 0) is 63.5 Å². The Morgan fingerprint density at radius 2 is 1.76 bits per heavy atom. The van der Waals surface area contributed by atoms with Crippen molar-refractivity contribution in [3.05, 3.63) is 76.6 Å². The molecule has 0 aliphatic heterocycles. The second kappa shape index (κ2) is 12.1. The molecule has 0 unspecified atom stereocenters. The Bertz CT molecular complexity index is 1340. The Kier molecular flexibility index (Phi) is 8.84. The lowest BCUT2D eigenvalue weighted by molar-refractivity contribution is 0.221. The highest BCUT2D eigenvalue weighted by atomic mass is 35.5. The minimum absolute atomic E-state index is 0.124. The second-order valence-corrected chi connectivity index (χ2v) is 11.9. The van der Waals surface area contributed by atoms with Crippen LogP contribution in [0, 0.1) is 0 Å². The van der Waals surface area contributed by atoms with E-state index in [1.165, 1.54) is 18.9 Å². The van der Waals surface area contributed by atoms with Crippen LogP contribution in [0.25, 0.3) is 12.2 Å². The number of nitrogens with zero attached hydrogens (tertiary/aromatic N) is 3. The van der Waals surface area contributed by atoms with Crippen molar-refractivity contribution >= 4 is 39.5 Å². The highest BCUT2D eigenvalue weighted by Gasteiger charge is 2.23. The Morgan fingerprint density at radius 1 is 1.05 bits per heavy atom. The summed E-state index contributed by atoms with van der Waals surface area (Å²) >= 11 is 6.10. The molecule has 0 spiro atoms. The number of ether oxygens (including phenoxy) is 1. The van der Waals surface area contributed by atoms with Gasteiger partial charge in [0, 0.05) is 35.6 Å². The van der Waals surface area contributed by atoms with Gasteiger partial charge in [0.25, 0.3) is 0 Å². The number of nitrogens with one attached hydrogen (secondary N) is 1. The number of hydrogen-bond acceptors (Lipinski definition) is 7. The fourth-order valence-corrected chi connectivity index (χ4v) is 6.49. The predicted octanol–water partition coefficient (Wildman–Crippen LogP) is 5.57. The molecule has 1 aromatic heterocycles. The zero-order chi connectivity index (χ0) is 26.4. The lowest BCUT2D eigenvalue weighted by atomic mass is 9.91. The highest BCUT2D eigenvalue weighted by molar-refractivity contribution is 7.90. The SMILES string of the molecule is COc1cc(CS(=O)(=O)c2ccccc2Cl)ccc1/C=C/c1cnc(NC2CCC(N(C)C)CC2)nc1. The van der Waals surface area contributed by atoms with Gasteiger partial charge in [-0.3, -0.25) is 0 Å². The first-order valence-corrected chi connectivity index (χ1v) is 14.4. The number of benzene rings is 2. The normalized spacial score (nSPS) is 18.3. The van der Waals surface area contributed by atoms with E-state index in [-0.39, 0.29) is 15.7 Å². The summed E-state index contributed by atoms with van der Waals surface area (Å²) in [6.07, 6.45) is 12.0. The number of sulfone groups is 1. The quantitative estimate of drug-likeness (QED) is 0.380. The lowest BCUT2D eigenvalue weighted by Gasteiger charge is -2.32. The van der Waals surface area contributed by atoms with Gasteiger partial charge >= 0.3 is 0 Å². The molecule has 37 heavy (non-hydrogen) atoms. The summed E-state index contributed by atoms with van der Waals surface area (Å²) in [6.45, 7) is 0. The summed E-state index contributed by atoms with van der Waals surface area (Å²) < 4.78 is 31.2. The van der Waals surface area contributed by atoms with Crippen LogP contribution in [0.1, 0.15) is 42.4 Å². The van der Waals surface area contributed by atoms with E-state index in [0.717, 1.165) is 24.0 Å². The molecule has 1 saturated carbocycles. The number of methoxy groups -OCH3 is 1. The van der Waals surface area contributed by atoms with Gasteiger partial charge in [0.05, 0.1) is 22.8 Å². The van der Waals surface area contributed by atoms with Crippen molar-refractivity contribution in [2.24, 2.45) is 0 Å². The van der Waals surface area contributed by atoms with Gasteiger partial charge in [-0.2, -0.15) is 0 Å². The Balaban J connectivity index is 1.39. The lowest BCUT2D eigenvalue weighted by Crippen LogP contribution is -2.36. The van der Waals surface area contributed by atoms with Gasteiger partial charge in [-0.1, -0.05) is 48.0 Å². The van der Waals surface area contributed by atoms with Gasteiger partial charge in [0.1, 0.15) is 5.75 Å². The van der Waals surface area contributed by atoms with Crippen molar-refractivity contribution in [2.45, 2.75) is 48.4 Å². The standard InChI is InChI=1S/C28H33ClN4O3S/c1-33(2)24-14-12-23(13-15-24)32-28-30-17-21(18-31-28)9-11-22-10-8-20(16-26(22)36-3)19-37(34,35)27-7-5-4-6-25(27)29/h4-11,16-18,23-24H,12-15,19H2,1-3H3,(H,30,31,32)/b11-9+. The van der Waals surface area contributed by atoms with Gasteiger partial charge in [-0.25, -0.2) is 18.4 Å². The molecule has 0 bridgehead atoms. The van der Waals surface area contributed by atoms with E-state index in [0.29, 0.717) is 29.3 Å². The van der Waals surface area contributed by atoms with E-state index in [1.807, 2.05) is 18.2 Å². The third-order valence-electron chi connectivity index (χ3n) is 6.71. The van der Waals surface area contributed by atoms with E-state index >= 15 is 0 Å². The minimum atomic E-state index is -3.59. The molecular weight excluding hydrogens is 508 g/mol. The first kappa shape index (κ1) is 27.1. The molecule has 1 N–H and O–H groups in total. The van der Waals surface area contributed by atoms with Gasteiger partial charge in [0.2, 0.25) is 5.95 Å². The van der Waals surface area contributed by atoms with Crippen LogP contribution in [0.2, 0.25) is 5.02 Å².